The van der Waals surface area contributed by atoms with E-state index < -0.39 is 0 Å². The molecule has 1 amide bonds. The first-order valence-corrected chi connectivity index (χ1v) is 11.2. The molecule has 6 nitrogen and oxygen atoms in total. The largest absolute Gasteiger partial charge is 0.383 e. The van der Waals surface area contributed by atoms with Crippen molar-refractivity contribution in [2.75, 3.05) is 56.8 Å². The van der Waals surface area contributed by atoms with Gasteiger partial charge in [-0.3, -0.25) is 9.69 Å². The maximum Gasteiger partial charge on any atom is 0.229 e. The summed E-state index contributed by atoms with van der Waals surface area (Å²) in [6, 6.07) is 18.7. The standard InChI is InChI=1S/C25H33N3O3/c1-30-19-24-23(8-5-13-28(24)18-20-6-3-2-4-7-20)25(29)26-21-9-11-22(12-10-21)27-14-16-31-17-15-27/h2-4,6-7,9-12,23-24H,5,8,13-19H2,1H3,(H,26,29). The molecule has 2 heterocycles. The Morgan fingerprint density at radius 2 is 1.81 bits per heavy atom. The molecule has 2 saturated heterocycles. The highest BCUT2D eigenvalue weighted by molar-refractivity contribution is 5.93. The molecule has 31 heavy (non-hydrogen) atoms. The van der Waals surface area contributed by atoms with Crippen molar-refractivity contribution >= 4 is 17.3 Å². The molecule has 0 radical (unpaired) electrons. The summed E-state index contributed by atoms with van der Waals surface area (Å²) in [5.74, 6) is -0.00438. The number of piperidine rings is 1. The summed E-state index contributed by atoms with van der Waals surface area (Å²) in [5.41, 5.74) is 3.28. The summed E-state index contributed by atoms with van der Waals surface area (Å²) in [6.07, 6.45) is 1.90. The second-order valence-corrected chi connectivity index (χ2v) is 8.36. The highest BCUT2D eigenvalue weighted by atomic mass is 16.5. The molecule has 2 unspecified atom stereocenters. The lowest BCUT2D eigenvalue weighted by atomic mass is 9.88. The monoisotopic (exact) mass is 423 g/mol. The van der Waals surface area contributed by atoms with Crippen LogP contribution in [0.2, 0.25) is 0 Å². The molecule has 2 aromatic carbocycles. The van der Waals surface area contributed by atoms with Crippen LogP contribution >= 0.6 is 0 Å². The van der Waals surface area contributed by atoms with Crippen molar-refractivity contribution in [2.24, 2.45) is 5.92 Å². The first kappa shape index (κ1) is 21.8. The molecule has 2 aliphatic heterocycles. The second kappa shape index (κ2) is 10.8. The number of nitrogens with zero attached hydrogens (tertiary/aromatic N) is 2. The lowest BCUT2D eigenvalue weighted by molar-refractivity contribution is -0.125. The third-order valence-corrected chi connectivity index (χ3v) is 6.31. The number of likely N-dealkylation sites (tertiary alicyclic amines) is 1. The molecule has 0 aromatic heterocycles. The fraction of sp³-hybridized carbons (Fsp3) is 0.480. The van der Waals surface area contributed by atoms with Crippen molar-refractivity contribution in [2.45, 2.75) is 25.4 Å². The molecular formula is C25H33N3O3. The maximum atomic E-state index is 13.2. The van der Waals surface area contributed by atoms with Crippen molar-refractivity contribution < 1.29 is 14.3 Å². The molecule has 1 N–H and O–H groups in total. The molecule has 0 spiro atoms. The second-order valence-electron chi connectivity index (χ2n) is 8.36. The van der Waals surface area contributed by atoms with E-state index in [0.29, 0.717) is 6.61 Å². The van der Waals surface area contributed by atoms with Gasteiger partial charge in [-0.1, -0.05) is 30.3 Å². The predicted molar refractivity (Wildman–Crippen MR) is 123 cm³/mol. The Labute approximate surface area is 185 Å². The van der Waals surface area contributed by atoms with Gasteiger partial charge in [-0.25, -0.2) is 0 Å². The fourth-order valence-electron chi connectivity index (χ4n) is 4.65. The van der Waals surface area contributed by atoms with Crippen LogP contribution in [0.4, 0.5) is 11.4 Å². The van der Waals surface area contributed by atoms with E-state index in [4.69, 9.17) is 9.47 Å². The van der Waals surface area contributed by atoms with E-state index in [9.17, 15) is 4.79 Å². The Kier molecular flexibility index (Phi) is 7.57. The van der Waals surface area contributed by atoms with Gasteiger partial charge in [-0.2, -0.15) is 0 Å². The van der Waals surface area contributed by atoms with Gasteiger partial charge in [0.2, 0.25) is 5.91 Å². The van der Waals surface area contributed by atoms with Gasteiger partial charge in [0.05, 0.1) is 25.7 Å². The summed E-state index contributed by atoms with van der Waals surface area (Å²) in [5, 5.41) is 3.15. The summed E-state index contributed by atoms with van der Waals surface area (Å²) in [4.78, 5) is 17.9. The highest BCUT2D eigenvalue weighted by Crippen LogP contribution is 2.28. The number of hydrogen-bond donors (Lipinski definition) is 1. The molecule has 2 atom stereocenters. The van der Waals surface area contributed by atoms with Crippen molar-refractivity contribution in [1.82, 2.24) is 4.90 Å². The summed E-state index contributed by atoms with van der Waals surface area (Å²) in [7, 11) is 1.72. The lowest BCUT2D eigenvalue weighted by Crippen LogP contribution is -2.51. The van der Waals surface area contributed by atoms with Crippen LogP contribution in [0.25, 0.3) is 0 Å². The van der Waals surface area contributed by atoms with Crippen LogP contribution < -0.4 is 10.2 Å². The molecule has 2 aliphatic rings. The number of morpholine rings is 1. The Balaban J connectivity index is 1.41. The number of carbonyl (C=O) groups excluding carboxylic acids is 1. The predicted octanol–water partition coefficient (Wildman–Crippen LogP) is 3.39. The highest BCUT2D eigenvalue weighted by Gasteiger charge is 2.36. The van der Waals surface area contributed by atoms with Gasteiger partial charge in [0.25, 0.3) is 0 Å². The molecular weight excluding hydrogens is 390 g/mol. The zero-order valence-electron chi connectivity index (χ0n) is 18.3. The third-order valence-electron chi connectivity index (χ3n) is 6.31. The van der Waals surface area contributed by atoms with E-state index in [1.54, 1.807) is 7.11 Å². The van der Waals surface area contributed by atoms with Crippen LogP contribution in [-0.2, 0) is 20.8 Å². The van der Waals surface area contributed by atoms with E-state index >= 15 is 0 Å². The minimum absolute atomic E-state index is 0.0755. The van der Waals surface area contributed by atoms with Crippen LogP contribution in [0.1, 0.15) is 18.4 Å². The number of anilines is 2. The zero-order valence-corrected chi connectivity index (χ0v) is 18.3. The van der Waals surface area contributed by atoms with Gasteiger partial charge in [-0.15, -0.1) is 0 Å². The molecule has 6 heteroatoms. The van der Waals surface area contributed by atoms with Crippen molar-refractivity contribution in [3.05, 3.63) is 60.2 Å². The normalized spacial score (nSPS) is 22.3. The van der Waals surface area contributed by atoms with Crippen molar-refractivity contribution in [3.8, 4) is 0 Å². The molecule has 4 rings (SSSR count). The maximum absolute atomic E-state index is 13.2. The lowest BCUT2D eigenvalue weighted by Gasteiger charge is -2.40. The first-order chi connectivity index (χ1) is 15.2. The molecule has 2 aromatic rings. The molecule has 0 bridgehead atoms. The SMILES string of the molecule is COCC1C(C(=O)Nc2ccc(N3CCOCC3)cc2)CCCN1Cc1ccccc1. The Morgan fingerprint density at radius 3 is 2.52 bits per heavy atom. The number of rotatable bonds is 7. The minimum Gasteiger partial charge on any atom is -0.383 e. The van der Waals surface area contributed by atoms with E-state index in [1.165, 1.54) is 11.3 Å². The number of benzene rings is 2. The van der Waals surface area contributed by atoms with Crippen molar-refractivity contribution in [1.29, 1.82) is 0 Å². The summed E-state index contributed by atoms with van der Waals surface area (Å²) >= 11 is 0. The fourth-order valence-corrected chi connectivity index (χ4v) is 4.65. The number of amides is 1. The average molecular weight is 424 g/mol. The van der Waals surface area contributed by atoms with Crippen LogP contribution in [-0.4, -0.2) is 63.4 Å². The molecule has 0 aliphatic carbocycles. The minimum atomic E-state index is -0.0867. The van der Waals surface area contributed by atoms with Crippen LogP contribution in [0.5, 0.6) is 0 Å². The molecule has 166 valence electrons. The molecule has 0 saturated carbocycles. The van der Waals surface area contributed by atoms with Crippen LogP contribution in [0, 0.1) is 5.92 Å². The van der Waals surface area contributed by atoms with Gasteiger partial charge in [-0.05, 0) is 49.2 Å². The number of ether oxygens (including phenoxy) is 2. The summed E-state index contributed by atoms with van der Waals surface area (Å²) < 4.78 is 11.0. The third kappa shape index (κ3) is 5.64. The quantitative estimate of drug-likeness (QED) is 0.740. The Bertz CT molecular complexity index is 822. The molecule has 2 fully saturated rings. The zero-order chi connectivity index (χ0) is 21.5. The van der Waals surface area contributed by atoms with Gasteiger partial charge >= 0.3 is 0 Å². The van der Waals surface area contributed by atoms with E-state index in [1.807, 2.05) is 18.2 Å². The van der Waals surface area contributed by atoms with E-state index in [-0.39, 0.29) is 17.9 Å². The number of nitrogens with one attached hydrogen (secondary N) is 1. The number of carbonyl (C=O) groups is 1. The van der Waals surface area contributed by atoms with Gasteiger partial charge in [0, 0.05) is 44.2 Å². The Hall–Kier alpha value is -2.41. The van der Waals surface area contributed by atoms with E-state index in [0.717, 1.165) is 57.9 Å². The average Bonchev–Trinajstić information content (AvgIpc) is 2.82. The van der Waals surface area contributed by atoms with Crippen LogP contribution in [0.15, 0.2) is 54.6 Å². The van der Waals surface area contributed by atoms with Gasteiger partial charge in [0.15, 0.2) is 0 Å². The topological polar surface area (TPSA) is 54.0 Å². The van der Waals surface area contributed by atoms with E-state index in [2.05, 4.69) is 51.5 Å². The van der Waals surface area contributed by atoms with Gasteiger partial charge in [0.1, 0.15) is 0 Å². The van der Waals surface area contributed by atoms with Gasteiger partial charge < -0.3 is 19.7 Å². The van der Waals surface area contributed by atoms with Crippen LogP contribution in [0.3, 0.4) is 0 Å². The number of hydrogen-bond acceptors (Lipinski definition) is 5. The van der Waals surface area contributed by atoms with Crippen molar-refractivity contribution in [3.63, 3.8) is 0 Å². The summed E-state index contributed by atoms with van der Waals surface area (Å²) in [6.45, 7) is 5.73. The Morgan fingerprint density at radius 1 is 1.06 bits per heavy atom. The smallest absolute Gasteiger partial charge is 0.229 e. The first-order valence-electron chi connectivity index (χ1n) is 11.2. The number of methoxy groups -OCH3 is 1.